The molecule has 0 unspecified atom stereocenters. The van der Waals surface area contributed by atoms with Crippen LogP contribution in [0.2, 0.25) is 0 Å². The van der Waals surface area contributed by atoms with Crippen molar-refractivity contribution in [2.24, 2.45) is 0 Å². The number of rotatable bonds is 5. The highest BCUT2D eigenvalue weighted by atomic mass is 16.5. The van der Waals surface area contributed by atoms with E-state index in [-0.39, 0.29) is 12.0 Å². The summed E-state index contributed by atoms with van der Waals surface area (Å²) in [6, 6.07) is 10.7. The number of anilines is 1. The van der Waals surface area contributed by atoms with Gasteiger partial charge < -0.3 is 14.5 Å². The first-order valence-corrected chi connectivity index (χ1v) is 12.3. The number of hydrogen-bond donors (Lipinski definition) is 0. The molecule has 0 N–H and O–H groups in total. The number of carbonyl (C=O) groups is 1. The molecule has 5 rings (SSSR count). The second-order valence-electron chi connectivity index (χ2n) is 9.40. The van der Waals surface area contributed by atoms with Crippen LogP contribution in [0, 0.1) is 6.92 Å². The Morgan fingerprint density at radius 2 is 1.88 bits per heavy atom. The maximum atomic E-state index is 12.7. The first-order valence-electron chi connectivity index (χ1n) is 12.3. The average Bonchev–Trinajstić information content (AvgIpc) is 3.38. The van der Waals surface area contributed by atoms with Gasteiger partial charge in [-0.3, -0.25) is 4.79 Å². The Morgan fingerprint density at radius 3 is 2.62 bits per heavy atom. The molecule has 0 spiro atoms. The van der Waals surface area contributed by atoms with Crippen LogP contribution in [0.25, 0.3) is 0 Å². The van der Waals surface area contributed by atoms with Crippen molar-refractivity contribution in [3.05, 3.63) is 53.0 Å². The normalized spacial score (nSPS) is 21.6. The van der Waals surface area contributed by atoms with Gasteiger partial charge in [-0.1, -0.05) is 30.3 Å². The van der Waals surface area contributed by atoms with Crippen molar-refractivity contribution in [3.8, 4) is 0 Å². The van der Waals surface area contributed by atoms with E-state index in [0.29, 0.717) is 5.92 Å². The number of aromatic nitrogens is 2. The van der Waals surface area contributed by atoms with Gasteiger partial charge in [0.2, 0.25) is 0 Å². The molecule has 32 heavy (non-hydrogen) atoms. The fraction of sp³-hybridized carbons (Fsp3) is 0.577. The molecule has 1 aromatic carbocycles. The van der Waals surface area contributed by atoms with Gasteiger partial charge >= 0.3 is 0 Å². The zero-order chi connectivity index (χ0) is 21.9. The smallest absolute Gasteiger partial charge is 0.251 e. The van der Waals surface area contributed by atoms with E-state index in [9.17, 15) is 4.79 Å². The lowest BCUT2D eigenvalue weighted by Crippen LogP contribution is -2.43. The quantitative estimate of drug-likeness (QED) is 0.719. The second-order valence-corrected chi connectivity index (χ2v) is 9.40. The van der Waals surface area contributed by atoms with E-state index in [0.717, 1.165) is 95.1 Å². The SMILES string of the molecule is Cc1nc(C2CCN(C(=O)[C@H]3CCCO3)CC2)nc2c1CCCN2CCc1ccccc1. The zero-order valence-electron chi connectivity index (χ0n) is 19.1. The molecule has 170 valence electrons. The summed E-state index contributed by atoms with van der Waals surface area (Å²) in [6.07, 6.45) is 6.77. The first kappa shape index (κ1) is 21.4. The van der Waals surface area contributed by atoms with Crippen molar-refractivity contribution in [2.75, 3.05) is 37.7 Å². The number of benzene rings is 1. The van der Waals surface area contributed by atoms with E-state index < -0.39 is 0 Å². The van der Waals surface area contributed by atoms with E-state index in [1.807, 2.05) is 4.90 Å². The Morgan fingerprint density at radius 1 is 1.06 bits per heavy atom. The average molecular weight is 435 g/mol. The van der Waals surface area contributed by atoms with Gasteiger partial charge in [0, 0.05) is 50.0 Å². The van der Waals surface area contributed by atoms with Crippen molar-refractivity contribution in [1.82, 2.24) is 14.9 Å². The number of ether oxygens (including phenoxy) is 1. The fourth-order valence-electron chi connectivity index (χ4n) is 5.35. The number of amides is 1. The van der Waals surface area contributed by atoms with E-state index in [4.69, 9.17) is 14.7 Å². The monoisotopic (exact) mass is 434 g/mol. The Hall–Kier alpha value is -2.47. The molecule has 3 aliphatic heterocycles. The van der Waals surface area contributed by atoms with E-state index in [1.165, 1.54) is 11.1 Å². The molecule has 1 atom stereocenters. The molecule has 3 aliphatic rings. The Balaban J connectivity index is 1.27. The largest absolute Gasteiger partial charge is 0.368 e. The summed E-state index contributed by atoms with van der Waals surface area (Å²) < 4.78 is 5.60. The highest BCUT2D eigenvalue weighted by Crippen LogP contribution is 2.32. The molecular formula is C26H34N4O2. The lowest BCUT2D eigenvalue weighted by molar-refractivity contribution is -0.142. The summed E-state index contributed by atoms with van der Waals surface area (Å²) in [7, 11) is 0. The molecule has 4 heterocycles. The summed E-state index contributed by atoms with van der Waals surface area (Å²) in [5.41, 5.74) is 3.82. The maximum absolute atomic E-state index is 12.7. The van der Waals surface area contributed by atoms with Crippen LogP contribution < -0.4 is 4.90 Å². The third kappa shape index (κ3) is 4.51. The van der Waals surface area contributed by atoms with Crippen molar-refractivity contribution in [3.63, 3.8) is 0 Å². The van der Waals surface area contributed by atoms with Gasteiger partial charge in [-0.2, -0.15) is 0 Å². The molecular weight excluding hydrogens is 400 g/mol. The summed E-state index contributed by atoms with van der Waals surface area (Å²) in [4.78, 5) is 27.2. The Kier molecular flexibility index (Phi) is 6.39. The molecule has 0 radical (unpaired) electrons. The van der Waals surface area contributed by atoms with Crippen LogP contribution in [0.15, 0.2) is 30.3 Å². The molecule has 2 fully saturated rings. The van der Waals surface area contributed by atoms with Crippen LogP contribution in [0.5, 0.6) is 0 Å². The second kappa shape index (κ2) is 9.57. The third-order valence-corrected chi connectivity index (χ3v) is 7.25. The third-order valence-electron chi connectivity index (χ3n) is 7.25. The summed E-state index contributed by atoms with van der Waals surface area (Å²) in [6.45, 7) is 6.46. The zero-order valence-corrected chi connectivity index (χ0v) is 19.1. The van der Waals surface area contributed by atoms with Gasteiger partial charge in [-0.05, 0) is 57.4 Å². The molecule has 6 nitrogen and oxygen atoms in total. The van der Waals surface area contributed by atoms with Gasteiger partial charge in [0.05, 0.1) is 0 Å². The van der Waals surface area contributed by atoms with Crippen molar-refractivity contribution >= 4 is 11.7 Å². The Labute approximate surface area is 191 Å². The van der Waals surface area contributed by atoms with E-state index in [2.05, 4.69) is 42.2 Å². The molecule has 0 saturated carbocycles. The highest BCUT2D eigenvalue weighted by molar-refractivity contribution is 5.81. The lowest BCUT2D eigenvalue weighted by Gasteiger charge is -2.34. The standard InChI is InChI=1S/C26H34N4O2/c1-19-22-9-5-14-29(15-11-20-7-3-2-4-8-20)25(22)28-24(27-19)21-12-16-30(17-13-21)26(31)23-10-6-18-32-23/h2-4,7-8,21,23H,5-6,9-18H2,1H3/t23-/m1/s1. The number of piperidine rings is 1. The van der Waals surface area contributed by atoms with Gasteiger partial charge in [-0.25, -0.2) is 9.97 Å². The molecule has 6 heteroatoms. The van der Waals surface area contributed by atoms with Gasteiger partial charge in [0.25, 0.3) is 5.91 Å². The topological polar surface area (TPSA) is 58.6 Å². The lowest BCUT2D eigenvalue weighted by atomic mass is 9.94. The summed E-state index contributed by atoms with van der Waals surface area (Å²) in [5, 5.41) is 0. The molecule has 2 aromatic rings. The number of likely N-dealkylation sites (tertiary alicyclic amines) is 1. The predicted octanol–water partition coefficient (Wildman–Crippen LogP) is 3.67. The molecule has 0 aliphatic carbocycles. The highest BCUT2D eigenvalue weighted by Gasteiger charge is 2.32. The van der Waals surface area contributed by atoms with Crippen molar-refractivity contribution < 1.29 is 9.53 Å². The molecule has 1 amide bonds. The van der Waals surface area contributed by atoms with Crippen LogP contribution in [0.4, 0.5) is 5.82 Å². The summed E-state index contributed by atoms with van der Waals surface area (Å²) in [5.74, 6) is 2.62. The predicted molar refractivity (Wildman–Crippen MR) is 125 cm³/mol. The van der Waals surface area contributed by atoms with Crippen LogP contribution in [-0.4, -0.2) is 59.7 Å². The molecule has 2 saturated heterocycles. The molecule has 0 bridgehead atoms. The van der Waals surface area contributed by atoms with Crippen LogP contribution in [-0.2, 0) is 22.4 Å². The van der Waals surface area contributed by atoms with Crippen LogP contribution in [0.1, 0.15) is 60.7 Å². The minimum atomic E-state index is -0.216. The number of carbonyl (C=O) groups excluding carboxylic acids is 1. The number of aryl methyl sites for hydroxylation is 1. The minimum Gasteiger partial charge on any atom is -0.368 e. The van der Waals surface area contributed by atoms with Crippen LogP contribution >= 0.6 is 0 Å². The fourth-order valence-corrected chi connectivity index (χ4v) is 5.35. The van der Waals surface area contributed by atoms with E-state index >= 15 is 0 Å². The maximum Gasteiger partial charge on any atom is 0.251 e. The van der Waals surface area contributed by atoms with Crippen molar-refractivity contribution in [1.29, 1.82) is 0 Å². The van der Waals surface area contributed by atoms with E-state index in [1.54, 1.807) is 0 Å². The van der Waals surface area contributed by atoms with Gasteiger partial charge in [-0.15, -0.1) is 0 Å². The number of nitrogens with zero attached hydrogens (tertiary/aromatic N) is 4. The van der Waals surface area contributed by atoms with Crippen molar-refractivity contribution in [2.45, 2.75) is 63.9 Å². The summed E-state index contributed by atoms with van der Waals surface area (Å²) >= 11 is 0. The Bertz CT molecular complexity index is 934. The van der Waals surface area contributed by atoms with Gasteiger partial charge in [0.15, 0.2) is 0 Å². The van der Waals surface area contributed by atoms with Crippen LogP contribution in [0.3, 0.4) is 0 Å². The van der Waals surface area contributed by atoms with Gasteiger partial charge in [0.1, 0.15) is 17.7 Å². The number of fused-ring (bicyclic) bond motifs is 1. The molecule has 1 aromatic heterocycles. The minimum absolute atomic E-state index is 0.176. The first-order chi connectivity index (χ1) is 15.7. The number of hydrogen-bond acceptors (Lipinski definition) is 5.